The third-order valence-electron chi connectivity index (χ3n) is 5.53. The molecule has 33 heavy (non-hydrogen) atoms. The molecule has 2 heterocycles. The summed E-state index contributed by atoms with van der Waals surface area (Å²) in [6, 6.07) is 13.4. The van der Waals surface area contributed by atoms with Gasteiger partial charge in [0.1, 0.15) is 18.0 Å². The number of pyridine rings is 1. The monoisotopic (exact) mass is 451 g/mol. The van der Waals surface area contributed by atoms with Crippen molar-refractivity contribution >= 4 is 28.4 Å². The summed E-state index contributed by atoms with van der Waals surface area (Å²) in [5, 5.41) is 3.38. The average Bonchev–Trinajstić information content (AvgIpc) is 2.85. The van der Waals surface area contributed by atoms with E-state index < -0.39 is 11.5 Å². The molecule has 0 unspecified atom stereocenters. The molecule has 9 nitrogen and oxygen atoms in total. The molecule has 4 rings (SSSR count). The molecular formula is C24H25N3O6. The zero-order valence-corrected chi connectivity index (χ0v) is 18.5. The molecule has 2 aromatic carbocycles. The number of amides is 2. The smallest absolute Gasteiger partial charge is 0.254 e. The maximum Gasteiger partial charge on any atom is 0.254 e. The number of morpholine rings is 1. The van der Waals surface area contributed by atoms with Gasteiger partial charge in [0.25, 0.3) is 11.5 Å². The Balaban J connectivity index is 1.65. The number of benzene rings is 2. The van der Waals surface area contributed by atoms with Crippen molar-refractivity contribution in [2.45, 2.75) is 6.54 Å². The summed E-state index contributed by atoms with van der Waals surface area (Å²) in [7, 11) is 3.03. The lowest BCUT2D eigenvalue weighted by molar-refractivity contribution is -0.116. The summed E-state index contributed by atoms with van der Waals surface area (Å²) in [6.07, 6.45) is 0. The number of aromatic nitrogens is 1. The molecule has 0 spiro atoms. The number of hydrogen-bond donors (Lipinski definition) is 1. The van der Waals surface area contributed by atoms with E-state index in [-0.39, 0.29) is 12.5 Å². The van der Waals surface area contributed by atoms with E-state index in [1.165, 1.54) is 24.9 Å². The van der Waals surface area contributed by atoms with Gasteiger partial charge in [0.15, 0.2) is 0 Å². The number of carbonyl (C=O) groups is 2. The predicted molar refractivity (Wildman–Crippen MR) is 123 cm³/mol. The predicted octanol–water partition coefficient (Wildman–Crippen LogP) is 2.13. The highest BCUT2D eigenvalue weighted by molar-refractivity contribution is 6.06. The van der Waals surface area contributed by atoms with E-state index in [2.05, 4.69) is 5.32 Å². The number of rotatable bonds is 6. The lowest BCUT2D eigenvalue weighted by atomic mass is 10.1. The van der Waals surface area contributed by atoms with Crippen molar-refractivity contribution in [2.75, 3.05) is 45.8 Å². The van der Waals surface area contributed by atoms with E-state index in [0.717, 1.165) is 0 Å². The van der Waals surface area contributed by atoms with Crippen LogP contribution in [0, 0.1) is 0 Å². The van der Waals surface area contributed by atoms with Gasteiger partial charge >= 0.3 is 0 Å². The molecule has 1 N–H and O–H groups in total. The Morgan fingerprint density at radius 1 is 1.03 bits per heavy atom. The standard InChI is InChI=1S/C24H25N3O6/c1-31-16-7-8-21(32-2)19(13-16)25-22(28)15-27-20-6-4-3-5-17(20)18(14-23(27)29)24(30)26-9-11-33-12-10-26/h3-8,13-14H,9-12,15H2,1-2H3,(H,25,28). The number of fused-ring (bicyclic) bond motifs is 1. The third-order valence-corrected chi connectivity index (χ3v) is 5.53. The van der Waals surface area contributed by atoms with Crippen LogP contribution in [-0.4, -0.2) is 61.8 Å². The van der Waals surface area contributed by atoms with Gasteiger partial charge < -0.3 is 24.4 Å². The van der Waals surface area contributed by atoms with Crippen molar-refractivity contribution < 1.29 is 23.8 Å². The SMILES string of the molecule is COc1ccc(OC)c(NC(=O)Cn2c(=O)cc(C(=O)N3CCOCC3)c3ccccc32)c1. The molecule has 0 bridgehead atoms. The first kappa shape index (κ1) is 22.3. The summed E-state index contributed by atoms with van der Waals surface area (Å²) in [5.74, 6) is 0.387. The molecule has 0 saturated carbocycles. The van der Waals surface area contributed by atoms with Crippen LogP contribution in [0.2, 0.25) is 0 Å². The van der Waals surface area contributed by atoms with E-state index in [1.807, 2.05) is 0 Å². The van der Waals surface area contributed by atoms with E-state index in [9.17, 15) is 14.4 Å². The van der Waals surface area contributed by atoms with Gasteiger partial charge in [0.2, 0.25) is 5.91 Å². The first-order valence-corrected chi connectivity index (χ1v) is 10.5. The van der Waals surface area contributed by atoms with Crippen LogP contribution in [-0.2, 0) is 16.1 Å². The Labute approximate surface area is 190 Å². The maximum atomic E-state index is 13.1. The summed E-state index contributed by atoms with van der Waals surface area (Å²) in [4.78, 5) is 40.6. The maximum absolute atomic E-state index is 13.1. The van der Waals surface area contributed by atoms with Crippen LogP contribution >= 0.6 is 0 Å². The first-order valence-electron chi connectivity index (χ1n) is 10.5. The lowest BCUT2D eigenvalue weighted by Gasteiger charge is -2.27. The number of ether oxygens (including phenoxy) is 3. The van der Waals surface area contributed by atoms with E-state index in [4.69, 9.17) is 14.2 Å². The minimum atomic E-state index is -0.432. The molecule has 0 aliphatic carbocycles. The highest BCUT2D eigenvalue weighted by atomic mass is 16.5. The molecule has 172 valence electrons. The van der Waals surface area contributed by atoms with Crippen LogP contribution in [0.25, 0.3) is 10.9 Å². The van der Waals surface area contributed by atoms with E-state index in [1.54, 1.807) is 47.4 Å². The number of methoxy groups -OCH3 is 2. The number of carbonyl (C=O) groups excluding carboxylic acids is 2. The number of nitrogens with zero attached hydrogens (tertiary/aromatic N) is 2. The minimum absolute atomic E-state index is 0.218. The second-order valence-corrected chi connectivity index (χ2v) is 7.52. The largest absolute Gasteiger partial charge is 0.497 e. The summed E-state index contributed by atoms with van der Waals surface area (Å²) in [6.45, 7) is 1.65. The van der Waals surface area contributed by atoms with Crippen molar-refractivity contribution in [3.63, 3.8) is 0 Å². The van der Waals surface area contributed by atoms with Crippen LogP contribution < -0.4 is 20.3 Å². The molecule has 1 fully saturated rings. The Morgan fingerprint density at radius 2 is 1.79 bits per heavy atom. The Bertz CT molecular complexity index is 1250. The Morgan fingerprint density at radius 3 is 2.52 bits per heavy atom. The fourth-order valence-corrected chi connectivity index (χ4v) is 3.86. The molecule has 1 aliphatic rings. The summed E-state index contributed by atoms with van der Waals surface area (Å²) in [5.41, 5.74) is 0.828. The van der Waals surface area contributed by atoms with Gasteiger partial charge in [-0.25, -0.2) is 0 Å². The fraction of sp³-hybridized carbons (Fsp3) is 0.292. The van der Waals surface area contributed by atoms with Gasteiger partial charge in [-0.1, -0.05) is 18.2 Å². The van der Waals surface area contributed by atoms with Gasteiger partial charge in [-0.3, -0.25) is 19.0 Å². The normalized spacial score (nSPS) is 13.6. The van der Waals surface area contributed by atoms with Gasteiger partial charge in [-0.2, -0.15) is 0 Å². The number of nitrogens with one attached hydrogen (secondary N) is 1. The molecule has 2 amide bonds. The van der Waals surface area contributed by atoms with Crippen LogP contribution in [0.3, 0.4) is 0 Å². The van der Waals surface area contributed by atoms with Crippen molar-refractivity contribution in [3.8, 4) is 11.5 Å². The lowest BCUT2D eigenvalue weighted by Crippen LogP contribution is -2.41. The Hall–Kier alpha value is -3.85. The van der Waals surface area contributed by atoms with Crippen LogP contribution in [0.5, 0.6) is 11.5 Å². The van der Waals surface area contributed by atoms with Crippen molar-refractivity contribution in [1.82, 2.24) is 9.47 Å². The first-order chi connectivity index (χ1) is 16.0. The highest BCUT2D eigenvalue weighted by Crippen LogP contribution is 2.29. The highest BCUT2D eigenvalue weighted by Gasteiger charge is 2.22. The zero-order chi connectivity index (χ0) is 23.4. The topological polar surface area (TPSA) is 99.1 Å². The van der Waals surface area contributed by atoms with E-state index in [0.29, 0.717) is 60.0 Å². The molecule has 1 saturated heterocycles. The fourth-order valence-electron chi connectivity index (χ4n) is 3.86. The number of para-hydroxylation sites is 1. The molecule has 9 heteroatoms. The van der Waals surface area contributed by atoms with Crippen LogP contribution in [0.15, 0.2) is 53.3 Å². The third kappa shape index (κ3) is 4.68. The Kier molecular flexibility index (Phi) is 6.60. The molecule has 3 aromatic rings. The van der Waals surface area contributed by atoms with E-state index >= 15 is 0 Å². The summed E-state index contributed by atoms with van der Waals surface area (Å²) >= 11 is 0. The quantitative estimate of drug-likeness (QED) is 0.617. The van der Waals surface area contributed by atoms with Crippen molar-refractivity contribution in [1.29, 1.82) is 0 Å². The summed E-state index contributed by atoms with van der Waals surface area (Å²) < 4.78 is 17.2. The van der Waals surface area contributed by atoms with Crippen molar-refractivity contribution in [2.24, 2.45) is 0 Å². The van der Waals surface area contributed by atoms with Gasteiger partial charge in [0.05, 0.1) is 44.2 Å². The molecule has 1 aliphatic heterocycles. The molecule has 1 aromatic heterocycles. The van der Waals surface area contributed by atoms with Gasteiger partial charge in [-0.05, 0) is 18.2 Å². The second-order valence-electron chi connectivity index (χ2n) is 7.52. The van der Waals surface area contributed by atoms with Gasteiger partial charge in [-0.15, -0.1) is 0 Å². The second kappa shape index (κ2) is 9.74. The van der Waals surface area contributed by atoms with Crippen LogP contribution in [0.4, 0.5) is 5.69 Å². The average molecular weight is 451 g/mol. The number of anilines is 1. The molecule has 0 radical (unpaired) electrons. The van der Waals surface area contributed by atoms with Crippen LogP contribution in [0.1, 0.15) is 10.4 Å². The zero-order valence-electron chi connectivity index (χ0n) is 18.5. The molecule has 0 atom stereocenters. The van der Waals surface area contributed by atoms with Crippen molar-refractivity contribution in [3.05, 3.63) is 64.4 Å². The molecular weight excluding hydrogens is 426 g/mol. The van der Waals surface area contributed by atoms with Gasteiger partial charge in [0, 0.05) is 30.6 Å². The minimum Gasteiger partial charge on any atom is -0.497 e. The number of hydrogen-bond acceptors (Lipinski definition) is 6.